The van der Waals surface area contributed by atoms with Crippen LogP contribution in [0.2, 0.25) is 0 Å². The van der Waals surface area contributed by atoms with Gasteiger partial charge >= 0.3 is 0 Å². The Bertz CT molecular complexity index is 1040. The highest BCUT2D eigenvalue weighted by Crippen LogP contribution is 2.33. The van der Waals surface area contributed by atoms with Crippen molar-refractivity contribution < 1.29 is 4.79 Å². The van der Waals surface area contributed by atoms with Gasteiger partial charge in [0.15, 0.2) is 5.16 Å². The zero-order chi connectivity index (χ0) is 21.1. The van der Waals surface area contributed by atoms with Crippen LogP contribution >= 0.6 is 11.8 Å². The highest BCUT2D eigenvalue weighted by Gasteiger charge is 2.29. The molecule has 0 bridgehead atoms. The van der Waals surface area contributed by atoms with Gasteiger partial charge in [-0.05, 0) is 17.0 Å². The van der Waals surface area contributed by atoms with Crippen molar-refractivity contribution in [2.24, 2.45) is 0 Å². The SMILES string of the molecule is CC(C)c1cc(=O)n2c(n1)SCC2CC(=O)NC(c1ccccc1)c1ccccc1. The van der Waals surface area contributed by atoms with Gasteiger partial charge in [0.2, 0.25) is 5.91 Å². The quantitative estimate of drug-likeness (QED) is 0.605. The molecule has 1 atom stereocenters. The predicted octanol–water partition coefficient (Wildman–Crippen LogP) is 4.31. The molecule has 0 spiro atoms. The Morgan fingerprint density at radius 1 is 1.10 bits per heavy atom. The third kappa shape index (κ3) is 4.33. The Kier molecular flexibility index (Phi) is 6.04. The lowest BCUT2D eigenvalue weighted by molar-refractivity contribution is -0.122. The molecule has 0 saturated heterocycles. The number of benzene rings is 2. The molecule has 1 aliphatic rings. The monoisotopic (exact) mass is 419 g/mol. The molecule has 1 amide bonds. The van der Waals surface area contributed by atoms with E-state index in [0.29, 0.717) is 10.9 Å². The number of rotatable bonds is 6. The molecule has 6 heteroatoms. The lowest BCUT2D eigenvalue weighted by Gasteiger charge is -2.21. The predicted molar refractivity (Wildman–Crippen MR) is 120 cm³/mol. The molecule has 1 unspecified atom stereocenters. The molecule has 1 aliphatic heterocycles. The van der Waals surface area contributed by atoms with Crippen molar-refractivity contribution in [1.29, 1.82) is 0 Å². The second-order valence-corrected chi connectivity index (χ2v) is 8.80. The van der Waals surface area contributed by atoms with Crippen LogP contribution in [0, 0.1) is 0 Å². The number of thioether (sulfide) groups is 1. The van der Waals surface area contributed by atoms with Crippen LogP contribution in [0.25, 0.3) is 0 Å². The topological polar surface area (TPSA) is 64.0 Å². The van der Waals surface area contributed by atoms with Crippen molar-refractivity contribution in [2.75, 3.05) is 5.75 Å². The van der Waals surface area contributed by atoms with Gasteiger partial charge in [-0.2, -0.15) is 0 Å². The maximum absolute atomic E-state index is 13.0. The molecular weight excluding hydrogens is 394 g/mol. The average molecular weight is 420 g/mol. The van der Waals surface area contributed by atoms with Crippen LogP contribution in [-0.2, 0) is 4.79 Å². The summed E-state index contributed by atoms with van der Waals surface area (Å²) in [5.41, 5.74) is 2.78. The van der Waals surface area contributed by atoms with Gasteiger partial charge in [-0.1, -0.05) is 86.3 Å². The summed E-state index contributed by atoms with van der Waals surface area (Å²) in [6.45, 7) is 4.05. The molecule has 0 radical (unpaired) electrons. The van der Waals surface area contributed by atoms with Gasteiger partial charge in [0.05, 0.1) is 17.8 Å². The molecular formula is C24H25N3O2S. The van der Waals surface area contributed by atoms with E-state index in [0.717, 1.165) is 16.8 Å². The van der Waals surface area contributed by atoms with Gasteiger partial charge in [0, 0.05) is 18.2 Å². The number of nitrogens with zero attached hydrogens (tertiary/aromatic N) is 2. The number of amides is 1. The van der Waals surface area contributed by atoms with Gasteiger partial charge < -0.3 is 5.32 Å². The summed E-state index contributed by atoms with van der Waals surface area (Å²) in [6.07, 6.45) is 0.249. The summed E-state index contributed by atoms with van der Waals surface area (Å²) in [5, 5.41) is 3.89. The lowest BCUT2D eigenvalue weighted by atomic mass is 9.98. The molecule has 154 valence electrons. The fourth-order valence-electron chi connectivity index (χ4n) is 3.70. The van der Waals surface area contributed by atoms with Crippen LogP contribution in [0.15, 0.2) is 76.7 Å². The van der Waals surface area contributed by atoms with E-state index < -0.39 is 0 Å². The summed E-state index contributed by atoms with van der Waals surface area (Å²) in [4.78, 5) is 30.3. The normalized spacial score (nSPS) is 15.4. The molecule has 5 nitrogen and oxygen atoms in total. The number of hydrogen-bond donors (Lipinski definition) is 1. The van der Waals surface area contributed by atoms with Gasteiger partial charge in [-0.25, -0.2) is 4.98 Å². The van der Waals surface area contributed by atoms with Crippen LogP contribution in [0.1, 0.15) is 55.1 Å². The maximum Gasteiger partial charge on any atom is 0.254 e. The van der Waals surface area contributed by atoms with Crippen LogP contribution < -0.4 is 10.9 Å². The van der Waals surface area contributed by atoms with Crippen LogP contribution in [-0.4, -0.2) is 21.2 Å². The van der Waals surface area contributed by atoms with Gasteiger partial charge in [0.1, 0.15) is 0 Å². The van der Waals surface area contributed by atoms with Crippen molar-refractivity contribution in [3.63, 3.8) is 0 Å². The van der Waals surface area contributed by atoms with E-state index in [-0.39, 0.29) is 35.9 Å². The first-order valence-electron chi connectivity index (χ1n) is 10.2. The zero-order valence-corrected chi connectivity index (χ0v) is 17.9. The Balaban J connectivity index is 1.54. The van der Waals surface area contributed by atoms with Gasteiger partial charge in [-0.3, -0.25) is 14.2 Å². The molecule has 2 aromatic carbocycles. The number of aromatic nitrogens is 2. The Hall–Kier alpha value is -2.86. The number of fused-ring (bicyclic) bond motifs is 1. The lowest BCUT2D eigenvalue weighted by Crippen LogP contribution is -2.33. The molecule has 0 saturated carbocycles. The van der Waals surface area contributed by atoms with Crippen molar-refractivity contribution in [2.45, 2.75) is 43.4 Å². The smallest absolute Gasteiger partial charge is 0.254 e. The zero-order valence-electron chi connectivity index (χ0n) is 17.1. The standard InChI is InChI=1S/C24H25N3O2S/c1-16(2)20-14-22(29)27-19(15-30-24(27)25-20)13-21(28)26-23(17-9-5-3-6-10-17)18-11-7-4-8-12-18/h3-12,14,16,19,23H,13,15H2,1-2H3,(H,26,28). The molecule has 0 aliphatic carbocycles. The van der Waals surface area contributed by atoms with Crippen LogP contribution in [0.5, 0.6) is 0 Å². The molecule has 3 aromatic rings. The minimum atomic E-state index is -0.230. The van der Waals surface area contributed by atoms with Crippen LogP contribution in [0.3, 0.4) is 0 Å². The van der Waals surface area contributed by atoms with E-state index in [1.165, 1.54) is 0 Å². The highest BCUT2D eigenvalue weighted by atomic mass is 32.2. The number of carbonyl (C=O) groups is 1. The third-order valence-corrected chi connectivity index (χ3v) is 6.39. The summed E-state index contributed by atoms with van der Waals surface area (Å²) < 4.78 is 1.68. The first kappa shape index (κ1) is 20.4. The summed E-state index contributed by atoms with van der Waals surface area (Å²) in [5.74, 6) is 0.800. The van der Waals surface area contributed by atoms with Crippen LogP contribution in [0.4, 0.5) is 0 Å². The summed E-state index contributed by atoms with van der Waals surface area (Å²) in [6, 6.07) is 21.1. The molecule has 2 heterocycles. The average Bonchev–Trinajstić information content (AvgIpc) is 3.16. The maximum atomic E-state index is 13.0. The van der Waals surface area contributed by atoms with E-state index in [1.807, 2.05) is 74.5 Å². The van der Waals surface area contributed by atoms with Gasteiger partial charge in [0.25, 0.3) is 5.56 Å². The fraction of sp³-hybridized carbons (Fsp3) is 0.292. The van der Waals surface area contributed by atoms with E-state index >= 15 is 0 Å². The second-order valence-electron chi connectivity index (χ2n) is 7.82. The first-order valence-corrected chi connectivity index (χ1v) is 11.2. The van der Waals surface area contributed by atoms with Crippen molar-refractivity contribution in [3.8, 4) is 0 Å². The minimum Gasteiger partial charge on any atom is -0.345 e. The first-order chi connectivity index (χ1) is 14.5. The Labute approximate surface area is 180 Å². The largest absolute Gasteiger partial charge is 0.345 e. The van der Waals surface area contributed by atoms with Crippen molar-refractivity contribution in [1.82, 2.24) is 14.9 Å². The van der Waals surface area contributed by atoms with Crippen molar-refractivity contribution >= 4 is 17.7 Å². The number of nitrogens with one attached hydrogen (secondary N) is 1. The second kappa shape index (κ2) is 8.88. The number of hydrogen-bond acceptors (Lipinski definition) is 4. The van der Waals surface area contributed by atoms with E-state index in [4.69, 9.17) is 0 Å². The summed E-state index contributed by atoms with van der Waals surface area (Å²) >= 11 is 1.55. The fourth-order valence-corrected chi connectivity index (χ4v) is 4.86. The minimum absolute atomic E-state index is 0.0748. The van der Waals surface area contributed by atoms with Crippen molar-refractivity contribution in [3.05, 3.63) is 93.9 Å². The molecule has 1 N–H and O–H groups in total. The molecule has 1 aromatic heterocycles. The summed E-state index contributed by atoms with van der Waals surface area (Å²) in [7, 11) is 0. The highest BCUT2D eigenvalue weighted by molar-refractivity contribution is 7.99. The van der Waals surface area contributed by atoms with E-state index in [9.17, 15) is 9.59 Å². The molecule has 30 heavy (non-hydrogen) atoms. The number of carbonyl (C=O) groups excluding carboxylic acids is 1. The third-order valence-electron chi connectivity index (χ3n) is 5.29. The Morgan fingerprint density at radius 3 is 2.27 bits per heavy atom. The van der Waals surface area contributed by atoms with Gasteiger partial charge in [-0.15, -0.1) is 0 Å². The molecule has 0 fully saturated rings. The van der Waals surface area contributed by atoms with E-state index in [2.05, 4.69) is 10.3 Å². The Morgan fingerprint density at radius 2 is 1.70 bits per heavy atom. The molecule has 4 rings (SSSR count). The van der Waals surface area contributed by atoms with E-state index in [1.54, 1.807) is 22.4 Å².